The van der Waals surface area contributed by atoms with Crippen molar-refractivity contribution < 1.29 is 0 Å². The zero-order valence-electron chi connectivity index (χ0n) is 12.9. The fourth-order valence-corrected chi connectivity index (χ4v) is 3.65. The largest absolute Gasteiger partial charge is 0.370 e. The number of halogens is 1. The van der Waals surface area contributed by atoms with Crippen LogP contribution in [0.4, 0.5) is 11.6 Å². The van der Waals surface area contributed by atoms with Crippen LogP contribution >= 0.6 is 27.3 Å². The zero-order valence-corrected chi connectivity index (χ0v) is 15.3. The molecule has 1 N–H and O–H groups in total. The van der Waals surface area contributed by atoms with Gasteiger partial charge in [-0.05, 0) is 42.3 Å². The van der Waals surface area contributed by atoms with Gasteiger partial charge >= 0.3 is 0 Å². The summed E-state index contributed by atoms with van der Waals surface area (Å²) >= 11 is 5.25. The SMILES string of the molecule is CCCNc1nc(C)nc(N(C)Cc2cc(Br)cs2)c1C. The van der Waals surface area contributed by atoms with E-state index >= 15 is 0 Å². The van der Waals surface area contributed by atoms with Gasteiger partial charge < -0.3 is 10.2 Å². The first kappa shape index (κ1) is 16.2. The van der Waals surface area contributed by atoms with E-state index in [0.29, 0.717) is 0 Å². The zero-order chi connectivity index (χ0) is 15.4. The van der Waals surface area contributed by atoms with Gasteiger partial charge in [0.1, 0.15) is 17.5 Å². The summed E-state index contributed by atoms with van der Waals surface area (Å²) in [6.07, 6.45) is 1.08. The minimum atomic E-state index is 0.799. The molecule has 0 radical (unpaired) electrons. The smallest absolute Gasteiger partial charge is 0.137 e. The van der Waals surface area contributed by atoms with Crippen LogP contribution in [0.1, 0.15) is 29.6 Å². The average Bonchev–Trinajstić information content (AvgIpc) is 2.84. The Balaban J connectivity index is 2.23. The molecular weight excluding hydrogens is 348 g/mol. The minimum absolute atomic E-state index is 0.799. The highest BCUT2D eigenvalue weighted by Gasteiger charge is 2.13. The topological polar surface area (TPSA) is 41.1 Å². The van der Waals surface area contributed by atoms with Crippen LogP contribution in [0, 0.1) is 13.8 Å². The Labute approximate surface area is 138 Å². The summed E-state index contributed by atoms with van der Waals surface area (Å²) in [4.78, 5) is 12.6. The Kier molecular flexibility index (Phi) is 5.58. The van der Waals surface area contributed by atoms with Crippen molar-refractivity contribution in [2.75, 3.05) is 23.8 Å². The Morgan fingerprint density at radius 1 is 1.33 bits per heavy atom. The summed E-state index contributed by atoms with van der Waals surface area (Å²) in [5, 5.41) is 5.49. The molecule has 0 aliphatic carbocycles. The summed E-state index contributed by atoms with van der Waals surface area (Å²) < 4.78 is 1.14. The van der Waals surface area contributed by atoms with Crippen LogP contribution in [0.3, 0.4) is 0 Å². The van der Waals surface area contributed by atoms with Gasteiger partial charge in [0.15, 0.2) is 0 Å². The van der Waals surface area contributed by atoms with Crippen molar-refractivity contribution in [1.29, 1.82) is 0 Å². The van der Waals surface area contributed by atoms with E-state index in [4.69, 9.17) is 0 Å². The lowest BCUT2D eigenvalue weighted by molar-refractivity contribution is 0.874. The molecule has 0 saturated heterocycles. The van der Waals surface area contributed by atoms with Crippen LogP contribution in [0.25, 0.3) is 0 Å². The standard InChI is InChI=1S/C15H21BrN4S/c1-5-6-17-14-10(2)15(19-11(3)18-14)20(4)8-13-7-12(16)9-21-13/h7,9H,5-6,8H2,1-4H3,(H,17,18,19). The third-order valence-electron chi connectivity index (χ3n) is 3.15. The fourth-order valence-electron chi connectivity index (χ4n) is 2.15. The summed E-state index contributed by atoms with van der Waals surface area (Å²) in [5.74, 6) is 2.73. The van der Waals surface area contributed by atoms with Crippen molar-refractivity contribution in [3.05, 3.63) is 32.2 Å². The van der Waals surface area contributed by atoms with Crippen molar-refractivity contribution in [2.45, 2.75) is 33.7 Å². The van der Waals surface area contributed by atoms with E-state index in [0.717, 1.165) is 47.0 Å². The first-order valence-electron chi connectivity index (χ1n) is 7.04. The second-order valence-electron chi connectivity index (χ2n) is 5.08. The number of nitrogens with zero attached hydrogens (tertiary/aromatic N) is 3. The molecule has 0 unspecified atom stereocenters. The van der Waals surface area contributed by atoms with Crippen molar-refractivity contribution in [3.8, 4) is 0 Å². The second-order valence-corrected chi connectivity index (χ2v) is 6.99. The minimum Gasteiger partial charge on any atom is -0.370 e. The summed E-state index contributed by atoms with van der Waals surface area (Å²) in [5.41, 5.74) is 1.10. The molecule has 114 valence electrons. The summed E-state index contributed by atoms with van der Waals surface area (Å²) in [7, 11) is 2.08. The monoisotopic (exact) mass is 368 g/mol. The van der Waals surface area contributed by atoms with Gasteiger partial charge in [-0.2, -0.15) is 0 Å². The van der Waals surface area contributed by atoms with E-state index in [1.54, 1.807) is 11.3 Å². The first-order chi connectivity index (χ1) is 10.0. The Hall–Kier alpha value is -1.14. The number of hydrogen-bond donors (Lipinski definition) is 1. The number of anilines is 2. The van der Waals surface area contributed by atoms with Crippen molar-refractivity contribution in [2.24, 2.45) is 0 Å². The second kappa shape index (κ2) is 7.22. The number of thiophene rings is 1. The molecule has 0 saturated carbocycles. The molecule has 0 amide bonds. The van der Waals surface area contributed by atoms with Gasteiger partial charge in [-0.25, -0.2) is 9.97 Å². The number of aromatic nitrogens is 2. The Morgan fingerprint density at radius 2 is 2.10 bits per heavy atom. The van der Waals surface area contributed by atoms with E-state index in [2.05, 4.69) is 68.5 Å². The molecule has 2 aromatic heterocycles. The van der Waals surface area contributed by atoms with Gasteiger partial charge in [-0.15, -0.1) is 11.3 Å². The van der Waals surface area contributed by atoms with Crippen molar-refractivity contribution >= 4 is 38.9 Å². The highest BCUT2D eigenvalue weighted by molar-refractivity contribution is 9.10. The van der Waals surface area contributed by atoms with Gasteiger partial charge in [0.05, 0.1) is 6.54 Å². The molecule has 2 heterocycles. The molecule has 4 nitrogen and oxygen atoms in total. The van der Waals surface area contributed by atoms with Crippen LogP contribution < -0.4 is 10.2 Å². The number of nitrogens with one attached hydrogen (secondary N) is 1. The van der Waals surface area contributed by atoms with Gasteiger partial charge in [0.25, 0.3) is 0 Å². The third-order valence-corrected chi connectivity index (χ3v) is 4.83. The third kappa shape index (κ3) is 4.17. The van der Waals surface area contributed by atoms with Crippen LogP contribution in [-0.2, 0) is 6.54 Å². The number of hydrogen-bond acceptors (Lipinski definition) is 5. The summed E-state index contributed by atoms with van der Waals surface area (Å²) in [6.45, 7) is 7.94. The van der Waals surface area contributed by atoms with Gasteiger partial charge in [-0.1, -0.05) is 6.92 Å². The van der Waals surface area contributed by atoms with Crippen molar-refractivity contribution in [3.63, 3.8) is 0 Å². The predicted octanol–water partition coefficient (Wildman–Crippen LogP) is 4.38. The molecule has 0 fully saturated rings. The maximum atomic E-state index is 4.61. The number of aryl methyl sites for hydroxylation is 1. The maximum Gasteiger partial charge on any atom is 0.137 e. The van der Waals surface area contributed by atoms with E-state index in [1.807, 2.05) is 6.92 Å². The van der Waals surface area contributed by atoms with Crippen LogP contribution in [0.15, 0.2) is 15.9 Å². The molecule has 0 spiro atoms. The van der Waals surface area contributed by atoms with Crippen LogP contribution in [0.5, 0.6) is 0 Å². The molecule has 0 aromatic carbocycles. The van der Waals surface area contributed by atoms with Gasteiger partial charge in [0.2, 0.25) is 0 Å². The van der Waals surface area contributed by atoms with Crippen LogP contribution in [0.2, 0.25) is 0 Å². The molecule has 0 aliphatic heterocycles. The lowest BCUT2D eigenvalue weighted by Crippen LogP contribution is -2.20. The molecular formula is C15H21BrN4S. The lowest BCUT2D eigenvalue weighted by Gasteiger charge is -2.21. The predicted molar refractivity (Wildman–Crippen MR) is 94.4 cm³/mol. The number of rotatable bonds is 6. The highest BCUT2D eigenvalue weighted by atomic mass is 79.9. The van der Waals surface area contributed by atoms with E-state index in [9.17, 15) is 0 Å². The quantitative estimate of drug-likeness (QED) is 0.821. The van der Waals surface area contributed by atoms with Gasteiger partial charge in [0, 0.05) is 33.9 Å². The lowest BCUT2D eigenvalue weighted by atomic mass is 10.2. The van der Waals surface area contributed by atoms with Crippen LogP contribution in [-0.4, -0.2) is 23.6 Å². The fraction of sp³-hybridized carbons (Fsp3) is 0.467. The Morgan fingerprint density at radius 3 is 2.71 bits per heavy atom. The maximum absolute atomic E-state index is 4.61. The molecule has 0 atom stereocenters. The van der Waals surface area contributed by atoms with Gasteiger partial charge in [-0.3, -0.25) is 0 Å². The van der Waals surface area contributed by atoms with E-state index in [-0.39, 0.29) is 0 Å². The molecule has 0 bridgehead atoms. The molecule has 2 aromatic rings. The summed E-state index contributed by atoms with van der Waals surface area (Å²) in [6, 6.07) is 2.15. The molecule has 0 aliphatic rings. The first-order valence-corrected chi connectivity index (χ1v) is 8.71. The van der Waals surface area contributed by atoms with E-state index < -0.39 is 0 Å². The highest BCUT2D eigenvalue weighted by Crippen LogP contribution is 2.26. The molecule has 2 rings (SSSR count). The average molecular weight is 369 g/mol. The Bertz CT molecular complexity index is 612. The molecule has 21 heavy (non-hydrogen) atoms. The van der Waals surface area contributed by atoms with Crippen molar-refractivity contribution in [1.82, 2.24) is 9.97 Å². The van der Waals surface area contributed by atoms with E-state index in [1.165, 1.54) is 4.88 Å². The molecule has 6 heteroatoms. The normalized spacial score (nSPS) is 10.7.